The molecular formula is C19H19F6N5. The summed E-state index contributed by atoms with van der Waals surface area (Å²) in [5, 5.41) is 3.05. The van der Waals surface area contributed by atoms with Crippen LogP contribution in [0.1, 0.15) is 30.7 Å². The average Bonchev–Trinajstić information content (AvgIpc) is 3.09. The van der Waals surface area contributed by atoms with Crippen LogP contribution >= 0.6 is 0 Å². The maximum atomic E-state index is 13.0. The van der Waals surface area contributed by atoms with Crippen molar-refractivity contribution in [1.82, 2.24) is 14.9 Å². The first kappa shape index (κ1) is 20.7. The number of nitrogens with zero attached hydrogens (tertiary/aromatic N) is 4. The van der Waals surface area contributed by atoms with Crippen LogP contribution in [0.5, 0.6) is 0 Å². The van der Waals surface area contributed by atoms with Crippen molar-refractivity contribution in [2.75, 3.05) is 23.4 Å². The molecule has 2 aliphatic rings. The van der Waals surface area contributed by atoms with Gasteiger partial charge in [-0.25, -0.2) is 9.97 Å². The molecule has 1 N–H and O–H groups in total. The average molecular weight is 431 g/mol. The largest absolute Gasteiger partial charge is 0.433 e. The molecule has 2 atom stereocenters. The number of aromatic nitrogens is 2. The summed E-state index contributed by atoms with van der Waals surface area (Å²) in [6.45, 7) is 0.889. The highest BCUT2D eigenvalue weighted by atomic mass is 19.4. The normalized spacial score (nSPS) is 22.8. The summed E-state index contributed by atoms with van der Waals surface area (Å²) < 4.78 is 77.7. The number of alkyl halides is 6. The topological polar surface area (TPSA) is 44.3 Å². The third-order valence-corrected chi connectivity index (χ3v) is 5.41. The minimum absolute atomic E-state index is 0.116. The molecule has 2 aromatic rings. The van der Waals surface area contributed by atoms with Gasteiger partial charge in [0.1, 0.15) is 23.0 Å². The second-order valence-electron chi connectivity index (χ2n) is 7.38. The van der Waals surface area contributed by atoms with Crippen molar-refractivity contribution in [2.45, 2.75) is 43.8 Å². The molecule has 0 spiro atoms. The van der Waals surface area contributed by atoms with E-state index >= 15 is 0 Å². The van der Waals surface area contributed by atoms with E-state index < -0.39 is 23.7 Å². The molecule has 4 heterocycles. The highest BCUT2D eigenvalue weighted by molar-refractivity contribution is 5.41. The smallest absolute Gasteiger partial charge is 0.354 e. The summed E-state index contributed by atoms with van der Waals surface area (Å²) >= 11 is 0. The lowest BCUT2D eigenvalue weighted by molar-refractivity contribution is -0.141. The number of rotatable bonds is 3. The van der Waals surface area contributed by atoms with E-state index in [2.05, 4.69) is 15.3 Å². The van der Waals surface area contributed by atoms with Gasteiger partial charge in [-0.15, -0.1) is 0 Å². The molecule has 5 nitrogen and oxygen atoms in total. The molecule has 4 rings (SSSR count). The Labute approximate surface area is 168 Å². The Kier molecular flexibility index (Phi) is 5.25. The molecule has 0 radical (unpaired) electrons. The number of fused-ring (bicyclic) bond motifs is 1. The van der Waals surface area contributed by atoms with Gasteiger partial charge in [-0.1, -0.05) is 12.1 Å². The Morgan fingerprint density at radius 3 is 2.20 bits per heavy atom. The van der Waals surface area contributed by atoms with Gasteiger partial charge in [-0.2, -0.15) is 26.3 Å². The highest BCUT2D eigenvalue weighted by Gasteiger charge is 2.39. The summed E-state index contributed by atoms with van der Waals surface area (Å²) in [6, 6.07) is 7.65. The SMILES string of the molecule is FC(F)(F)c1cccc(N[C@@H]2CC[C@H]3CCN(c4cccc(C(F)(F)F)n4)CN32)n1. The van der Waals surface area contributed by atoms with E-state index in [9.17, 15) is 26.3 Å². The molecule has 2 aliphatic heterocycles. The van der Waals surface area contributed by atoms with E-state index in [1.807, 2.05) is 4.90 Å². The second kappa shape index (κ2) is 7.60. The number of hydrogen-bond donors (Lipinski definition) is 1. The molecule has 2 fully saturated rings. The summed E-state index contributed by atoms with van der Waals surface area (Å²) in [6.07, 6.45) is -7.05. The fourth-order valence-corrected chi connectivity index (χ4v) is 3.98. The third kappa shape index (κ3) is 4.30. The van der Waals surface area contributed by atoms with Crippen LogP contribution in [-0.4, -0.2) is 40.3 Å². The van der Waals surface area contributed by atoms with Crippen LogP contribution < -0.4 is 10.2 Å². The van der Waals surface area contributed by atoms with Crippen molar-refractivity contribution in [3.8, 4) is 0 Å². The first-order valence-electron chi connectivity index (χ1n) is 9.47. The van der Waals surface area contributed by atoms with Gasteiger partial charge in [-0.05, 0) is 43.5 Å². The van der Waals surface area contributed by atoms with Gasteiger partial charge < -0.3 is 10.2 Å². The summed E-state index contributed by atoms with van der Waals surface area (Å²) in [4.78, 5) is 11.2. The molecule has 2 aromatic heterocycles. The maximum Gasteiger partial charge on any atom is 0.433 e. The number of halogens is 6. The second-order valence-corrected chi connectivity index (χ2v) is 7.38. The Hall–Kier alpha value is -2.56. The van der Waals surface area contributed by atoms with Crippen LogP contribution in [0, 0.1) is 0 Å². The minimum Gasteiger partial charge on any atom is -0.354 e. The van der Waals surface area contributed by atoms with E-state index in [1.165, 1.54) is 24.3 Å². The third-order valence-electron chi connectivity index (χ3n) is 5.41. The first-order valence-corrected chi connectivity index (χ1v) is 9.47. The fourth-order valence-electron chi connectivity index (χ4n) is 3.98. The maximum absolute atomic E-state index is 13.0. The monoisotopic (exact) mass is 431 g/mol. The lowest BCUT2D eigenvalue weighted by Crippen LogP contribution is -2.52. The minimum atomic E-state index is -4.53. The lowest BCUT2D eigenvalue weighted by Gasteiger charge is -2.41. The van der Waals surface area contributed by atoms with Crippen molar-refractivity contribution in [1.29, 1.82) is 0 Å². The van der Waals surface area contributed by atoms with Crippen LogP contribution in [0.3, 0.4) is 0 Å². The van der Waals surface area contributed by atoms with Gasteiger partial charge in [0.2, 0.25) is 0 Å². The predicted octanol–water partition coefficient (Wildman–Crippen LogP) is 4.58. The Morgan fingerprint density at radius 1 is 0.833 bits per heavy atom. The molecule has 0 bridgehead atoms. The van der Waals surface area contributed by atoms with Crippen molar-refractivity contribution in [3.05, 3.63) is 47.8 Å². The van der Waals surface area contributed by atoms with Crippen LogP contribution in [0.25, 0.3) is 0 Å². The Bertz CT molecular complexity index is 899. The van der Waals surface area contributed by atoms with Crippen molar-refractivity contribution in [2.24, 2.45) is 0 Å². The van der Waals surface area contributed by atoms with Crippen LogP contribution in [-0.2, 0) is 12.4 Å². The molecule has 0 saturated carbocycles. The predicted molar refractivity (Wildman–Crippen MR) is 97.6 cm³/mol. The van der Waals surface area contributed by atoms with E-state index in [1.54, 1.807) is 4.90 Å². The van der Waals surface area contributed by atoms with Crippen molar-refractivity contribution >= 4 is 11.6 Å². The molecule has 2 saturated heterocycles. The van der Waals surface area contributed by atoms with Gasteiger partial charge in [0.25, 0.3) is 0 Å². The van der Waals surface area contributed by atoms with E-state index in [0.29, 0.717) is 19.6 Å². The van der Waals surface area contributed by atoms with E-state index in [0.717, 1.165) is 25.0 Å². The van der Waals surface area contributed by atoms with Gasteiger partial charge >= 0.3 is 12.4 Å². The van der Waals surface area contributed by atoms with E-state index in [-0.39, 0.29) is 23.8 Å². The molecule has 0 aromatic carbocycles. The van der Waals surface area contributed by atoms with Gasteiger partial charge in [0, 0.05) is 12.6 Å². The molecule has 11 heteroatoms. The number of anilines is 2. The Balaban J connectivity index is 1.49. The first-order chi connectivity index (χ1) is 14.1. The number of pyridine rings is 2. The summed E-state index contributed by atoms with van der Waals surface area (Å²) in [5.74, 6) is 0.343. The Morgan fingerprint density at radius 2 is 1.50 bits per heavy atom. The fraction of sp³-hybridized carbons (Fsp3) is 0.474. The van der Waals surface area contributed by atoms with Crippen molar-refractivity contribution in [3.63, 3.8) is 0 Å². The molecule has 30 heavy (non-hydrogen) atoms. The molecule has 162 valence electrons. The summed E-state index contributed by atoms with van der Waals surface area (Å²) in [5.41, 5.74) is -1.93. The van der Waals surface area contributed by atoms with Gasteiger partial charge in [-0.3, -0.25) is 4.90 Å². The zero-order valence-electron chi connectivity index (χ0n) is 15.7. The molecular weight excluding hydrogens is 412 g/mol. The van der Waals surface area contributed by atoms with Crippen LogP contribution in [0.2, 0.25) is 0 Å². The van der Waals surface area contributed by atoms with E-state index in [4.69, 9.17) is 0 Å². The molecule has 0 amide bonds. The number of nitrogens with one attached hydrogen (secondary N) is 1. The summed E-state index contributed by atoms with van der Waals surface area (Å²) in [7, 11) is 0. The standard InChI is InChI=1S/C19H19F6N5/c20-18(21,22)13-3-1-5-15(26-13)28-17-8-7-12-9-10-29(11-30(12)17)16-6-2-4-14(27-16)19(23,24)25/h1-6,12,17H,7-11H2,(H,26,28)/t12-,17-/m0/s1. The van der Waals surface area contributed by atoms with Crippen LogP contribution in [0.4, 0.5) is 38.0 Å². The molecule has 0 unspecified atom stereocenters. The molecule has 0 aliphatic carbocycles. The zero-order valence-corrected chi connectivity index (χ0v) is 15.7. The number of hydrogen-bond acceptors (Lipinski definition) is 5. The van der Waals surface area contributed by atoms with Crippen molar-refractivity contribution < 1.29 is 26.3 Å². The van der Waals surface area contributed by atoms with Gasteiger partial charge in [0.05, 0.1) is 12.8 Å². The zero-order chi connectivity index (χ0) is 21.5. The van der Waals surface area contributed by atoms with Crippen LogP contribution in [0.15, 0.2) is 36.4 Å². The van der Waals surface area contributed by atoms with Gasteiger partial charge in [0.15, 0.2) is 0 Å². The highest BCUT2D eigenvalue weighted by Crippen LogP contribution is 2.34. The quantitative estimate of drug-likeness (QED) is 0.721. The lowest BCUT2D eigenvalue weighted by atomic mass is 10.1.